The van der Waals surface area contributed by atoms with Crippen LogP contribution in [0.4, 0.5) is 11.4 Å². The molecule has 5 rings (SSSR count). The third-order valence-corrected chi connectivity index (χ3v) is 6.13. The predicted octanol–water partition coefficient (Wildman–Crippen LogP) is 5.78. The Labute approximate surface area is 199 Å². The van der Waals surface area contributed by atoms with Gasteiger partial charge in [0.25, 0.3) is 0 Å². The van der Waals surface area contributed by atoms with Gasteiger partial charge in [-0.15, -0.1) is 12.4 Å². The van der Waals surface area contributed by atoms with Gasteiger partial charge in [-0.1, -0.05) is 48.5 Å². The molecule has 1 aliphatic heterocycles. The third-order valence-electron chi connectivity index (χ3n) is 6.13. The Morgan fingerprint density at radius 1 is 0.788 bits per heavy atom. The number of nitrogens with zero attached hydrogens (tertiary/aromatic N) is 3. The van der Waals surface area contributed by atoms with E-state index in [0.717, 1.165) is 28.1 Å². The Balaban J connectivity index is 0.00000259. The van der Waals surface area contributed by atoms with Crippen LogP contribution in [0, 0.1) is 11.3 Å². The van der Waals surface area contributed by atoms with Gasteiger partial charge in [0.2, 0.25) is 5.91 Å². The number of rotatable bonds is 5. The van der Waals surface area contributed by atoms with Gasteiger partial charge in [0.05, 0.1) is 22.7 Å². The van der Waals surface area contributed by atoms with E-state index >= 15 is 0 Å². The molecule has 1 atom stereocenters. The summed E-state index contributed by atoms with van der Waals surface area (Å²) in [4.78, 5) is 20.3. The Morgan fingerprint density at radius 3 is 2.06 bits per heavy atom. The molecule has 33 heavy (non-hydrogen) atoms. The Hall–Kier alpha value is -3.94. The van der Waals surface area contributed by atoms with Gasteiger partial charge in [0, 0.05) is 18.1 Å². The molecular formula is C28H22ClN3O. The minimum Gasteiger partial charge on any atom is -0.280 e. The molecule has 1 unspecified atom stereocenters. The molecule has 4 aromatic rings. The number of benzene rings is 3. The van der Waals surface area contributed by atoms with E-state index in [2.05, 4.69) is 17.1 Å². The summed E-state index contributed by atoms with van der Waals surface area (Å²) in [5.74, 6) is 0.0612. The van der Waals surface area contributed by atoms with Crippen molar-refractivity contribution in [3.8, 4) is 6.07 Å². The highest BCUT2D eigenvalue weighted by Crippen LogP contribution is 2.48. The fourth-order valence-corrected chi connectivity index (χ4v) is 4.64. The Morgan fingerprint density at radius 2 is 1.39 bits per heavy atom. The van der Waals surface area contributed by atoms with Crippen LogP contribution in [0.1, 0.15) is 22.3 Å². The predicted molar refractivity (Wildman–Crippen MR) is 132 cm³/mol. The SMILES string of the molecule is Cl.N#Cc1ccc(CC2(Cc3ccncc3)C(=O)N(c3ccccc3)c3ccccc32)cc1. The summed E-state index contributed by atoms with van der Waals surface area (Å²) >= 11 is 0. The van der Waals surface area contributed by atoms with Gasteiger partial charge in [0.15, 0.2) is 0 Å². The average Bonchev–Trinajstić information content (AvgIpc) is 3.08. The van der Waals surface area contributed by atoms with E-state index in [-0.39, 0.29) is 18.3 Å². The van der Waals surface area contributed by atoms with Crippen LogP contribution in [-0.2, 0) is 23.1 Å². The van der Waals surface area contributed by atoms with E-state index in [1.54, 1.807) is 12.4 Å². The monoisotopic (exact) mass is 451 g/mol. The number of hydrogen-bond acceptors (Lipinski definition) is 3. The Kier molecular flexibility index (Phi) is 6.26. The molecule has 0 radical (unpaired) electrons. The smallest absolute Gasteiger partial charge is 0.242 e. The molecule has 0 bridgehead atoms. The first-order valence-electron chi connectivity index (χ1n) is 10.6. The van der Waals surface area contributed by atoms with Crippen molar-refractivity contribution < 1.29 is 4.79 Å². The van der Waals surface area contributed by atoms with E-state index in [1.807, 2.05) is 89.8 Å². The van der Waals surface area contributed by atoms with Crippen LogP contribution in [-0.4, -0.2) is 10.9 Å². The van der Waals surface area contributed by atoms with Crippen molar-refractivity contribution in [1.82, 2.24) is 4.98 Å². The summed E-state index contributed by atoms with van der Waals surface area (Å²) in [7, 11) is 0. The number of aromatic nitrogens is 1. The first-order valence-corrected chi connectivity index (χ1v) is 10.6. The summed E-state index contributed by atoms with van der Waals surface area (Å²) in [5, 5.41) is 9.17. The number of hydrogen-bond donors (Lipinski definition) is 0. The maximum Gasteiger partial charge on any atom is 0.242 e. The number of para-hydroxylation sites is 2. The molecule has 0 aliphatic carbocycles. The fourth-order valence-electron chi connectivity index (χ4n) is 4.64. The fraction of sp³-hybridized carbons (Fsp3) is 0.107. The highest BCUT2D eigenvalue weighted by Gasteiger charge is 2.51. The second-order valence-electron chi connectivity index (χ2n) is 8.09. The second kappa shape index (κ2) is 9.28. The zero-order valence-electron chi connectivity index (χ0n) is 17.9. The number of pyridine rings is 1. The van der Waals surface area contributed by atoms with Crippen molar-refractivity contribution in [2.24, 2.45) is 0 Å². The van der Waals surface area contributed by atoms with Crippen LogP contribution < -0.4 is 4.90 Å². The number of nitriles is 1. The van der Waals surface area contributed by atoms with Crippen molar-refractivity contribution in [3.63, 3.8) is 0 Å². The van der Waals surface area contributed by atoms with Crippen LogP contribution in [0.25, 0.3) is 0 Å². The molecule has 0 spiro atoms. The summed E-state index contributed by atoms with van der Waals surface area (Å²) in [6, 6.07) is 31.5. The zero-order chi connectivity index (χ0) is 22.0. The van der Waals surface area contributed by atoms with Gasteiger partial charge < -0.3 is 0 Å². The van der Waals surface area contributed by atoms with Gasteiger partial charge >= 0.3 is 0 Å². The van der Waals surface area contributed by atoms with Crippen molar-refractivity contribution >= 4 is 29.7 Å². The van der Waals surface area contributed by atoms with E-state index in [0.29, 0.717) is 18.4 Å². The lowest BCUT2D eigenvalue weighted by Crippen LogP contribution is -2.42. The van der Waals surface area contributed by atoms with Gasteiger partial charge in [-0.25, -0.2) is 0 Å². The first kappa shape index (κ1) is 22.3. The van der Waals surface area contributed by atoms with Gasteiger partial charge in [0.1, 0.15) is 0 Å². The lowest BCUT2D eigenvalue weighted by molar-refractivity contribution is -0.122. The largest absolute Gasteiger partial charge is 0.280 e. The van der Waals surface area contributed by atoms with Crippen LogP contribution >= 0.6 is 12.4 Å². The molecule has 0 N–H and O–H groups in total. The summed E-state index contributed by atoms with van der Waals surface area (Å²) in [6.45, 7) is 0. The topological polar surface area (TPSA) is 57.0 Å². The minimum atomic E-state index is -0.762. The molecule has 1 amide bonds. The molecule has 162 valence electrons. The number of halogens is 1. The second-order valence-corrected chi connectivity index (χ2v) is 8.09. The van der Waals surface area contributed by atoms with E-state index in [1.165, 1.54) is 0 Å². The van der Waals surface area contributed by atoms with E-state index in [4.69, 9.17) is 0 Å². The highest BCUT2D eigenvalue weighted by atomic mass is 35.5. The normalized spacial score (nSPS) is 16.6. The number of amides is 1. The lowest BCUT2D eigenvalue weighted by atomic mass is 9.72. The molecule has 0 saturated heterocycles. The van der Waals surface area contributed by atoms with Crippen molar-refractivity contribution in [2.45, 2.75) is 18.3 Å². The maximum absolute atomic E-state index is 14.3. The van der Waals surface area contributed by atoms with Crippen molar-refractivity contribution in [2.75, 3.05) is 4.90 Å². The van der Waals surface area contributed by atoms with Crippen LogP contribution in [0.5, 0.6) is 0 Å². The molecule has 5 heteroatoms. The first-order chi connectivity index (χ1) is 15.7. The highest BCUT2D eigenvalue weighted by molar-refractivity contribution is 6.13. The number of anilines is 2. The van der Waals surface area contributed by atoms with Crippen LogP contribution in [0.3, 0.4) is 0 Å². The number of carbonyl (C=O) groups is 1. The van der Waals surface area contributed by atoms with E-state index in [9.17, 15) is 10.1 Å². The molecule has 1 aliphatic rings. The molecule has 1 aromatic heterocycles. The van der Waals surface area contributed by atoms with Crippen LogP contribution in [0.15, 0.2) is 103 Å². The maximum atomic E-state index is 14.3. The van der Waals surface area contributed by atoms with Crippen molar-refractivity contribution in [3.05, 3.63) is 126 Å². The zero-order valence-corrected chi connectivity index (χ0v) is 18.7. The third kappa shape index (κ3) is 4.00. The Bertz CT molecular complexity index is 1300. The standard InChI is InChI=1S/C28H21N3O.ClH/c29-20-23-12-10-21(11-13-23)18-28(19-22-14-16-30-17-15-22)25-8-4-5-9-26(25)31(27(28)32)24-6-2-1-3-7-24;/h1-17H,18-19H2;1H. The summed E-state index contributed by atoms with van der Waals surface area (Å²) in [6.07, 6.45) is 4.64. The average molecular weight is 452 g/mol. The lowest BCUT2D eigenvalue weighted by Gasteiger charge is -2.29. The molecule has 0 fully saturated rings. The number of carbonyl (C=O) groups excluding carboxylic acids is 1. The summed E-state index contributed by atoms with van der Waals surface area (Å²) in [5.41, 5.74) is 4.74. The molecule has 3 aromatic carbocycles. The minimum absolute atomic E-state index is 0. The molecular weight excluding hydrogens is 430 g/mol. The molecule has 4 nitrogen and oxygen atoms in total. The number of fused-ring (bicyclic) bond motifs is 1. The van der Waals surface area contributed by atoms with E-state index < -0.39 is 5.41 Å². The van der Waals surface area contributed by atoms with Gasteiger partial charge in [-0.3, -0.25) is 14.7 Å². The molecule has 0 saturated carbocycles. The quantitative estimate of drug-likeness (QED) is 0.386. The molecule has 2 heterocycles. The van der Waals surface area contributed by atoms with Crippen molar-refractivity contribution in [1.29, 1.82) is 5.26 Å². The van der Waals surface area contributed by atoms with Gasteiger partial charge in [-0.05, 0) is 72.0 Å². The van der Waals surface area contributed by atoms with Gasteiger partial charge in [-0.2, -0.15) is 5.26 Å². The summed E-state index contributed by atoms with van der Waals surface area (Å²) < 4.78 is 0. The van der Waals surface area contributed by atoms with Crippen LogP contribution in [0.2, 0.25) is 0 Å².